The molecule has 0 bridgehead atoms. The van der Waals surface area contributed by atoms with E-state index in [1.54, 1.807) is 20.0 Å². The van der Waals surface area contributed by atoms with Gasteiger partial charge in [0.15, 0.2) is 0 Å². The number of hydrogen-bond donors (Lipinski definition) is 1. The summed E-state index contributed by atoms with van der Waals surface area (Å²) in [6.45, 7) is 8.57. The average molecular weight is 316 g/mol. The van der Waals surface area contributed by atoms with E-state index in [1.165, 1.54) is 4.31 Å². The Labute approximate surface area is 126 Å². The fourth-order valence-electron chi connectivity index (χ4n) is 2.76. The minimum Gasteiger partial charge on any atom is -0.464 e. The van der Waals surface area contributed by atoms with E-state index < -0.39 is 15.6 Å². The summed E-state index contributed by atoms with van der Waals surface area (Å²) in [5.41, 5.74) is -0.490. The quantitative estimate of drug-likeness (QED) is 0.911. The monoisotopic (exact) mass is 316 g/mol. The van der Waals surface area contributed by atoms with Gasteiger partial charge in [-0.3, -0.25) is 0 Å². The highest BCUT2D eigenvalue weighted by Gasteiger charge is 2.39. The predicted octanol–water partition coefficient (Wildman–Crippen LogP) is 1.50. The van der Waals surface area contributed by atoms with Gasteiger partial charge in [0.25, 0.3) is 0 Å². The first-order valence-corrected chi connectivity index (χ1v) is 8.51. The molecule has 0 saturated carbocycles. The lowest BCUT2D eigenvalue weighted by Gasteiger charge is -2.40. The molecule has 120 valence electrons. The van der Waals surface area contributed by atoms with Gasteiger partial charge in [-0.05, 0) is 34.7 Å². The molecule has 1 aromatic heterocycles. The van der Waals surface area contributed by atoms with Crippen LogP contribution in [0.4, 0.5) is 0 Å². The number of rotatable bonds is 4. The standard InChI is InChI=1S/C14H24N2O4S/c1-10-8-16(9-14(3,4)20-10)21(17,18)13-6-12(7-15-5)19-11(13)2/h6,10,15H,7-9H2,1-5H3. The first-order chi connectivity index (χ1) is 9.65. The Kier molecular flexibility index (Phi) is 4.49. The molecule has 6 nitrogen and oxygen atoms in total. The van der Waals surface area contributed by atoms with Crippen molar-refractivity contribution >= 4 is 10.0 Å². The molecule has 0 amide bonds. The predicted molar refractivity (Wildman–Crippen MR) is 79.6 cm³/mol. The van der Waals surface area contributed by atoms with Gasteiger partial charge in [0, 0.05) is 19.2 Å². The maximum atomic E-state index is 12.8. The smallest absolute Gasteiger partial charge is 0.246 e. The fraction of sp³-hybridized carbons (Fsp3) is 0.714. The number of nitrogens with zero attached hydrogens (tertiary/aromatic N) is 1. The number of morpholine rings is 1. The summed E-state index contributed by atoms with van der Waals surface area (Å²) in [7, 11) is -1.77. The molecule has 0 aliphatic carbocycles. The molecule has 0 spiro atoms. The Morgan fingerprint density at radius 2 is 2.14 bits per heavy atom. The molecule has 21 heavy (non-hydrogen) atoms. The lowest BCUT2D eigenvalue weighted by Crippen LogP contribution is -2.53. The van der Waals surface area contributed by atoms with Crippen LogP contribution in [0.15, 0.2) is 15.4 Å². The Hall–Kier alpha value is -0.890. The van der Waals surface area contributed by atoms with Gasteiger partial charge < -0.3 is 14.5 Å². The molecular formula is C14H24N2O4S. The molecule has 1 unspecified atom stereocenters. The number of hydrogen-bond acceptors (Lipinski definition) is 5. The van der Waals surface area contributed by atoms with E-state index in [4.69, 9.17) is 9.15 Å². The average Bonchev–Trinajstić information content (AvgIpc) is 2.69. The summed E-state index contributed by atoms with van der Waals surface area (Å²) in [4.78, 5) is 0.248. The zero-order valence-corrected chi connectivity index (χ0v) is 14.1. The van der Waals surface area contributed by atoms with Gasteiger partial charge in [-0.15, -0.1) is 0 Å². The van der Waals surface area contributed by atoms with E-state index in [1.807, 2.05) is 20.8 Å². The van der Waals surface area contributed by atoms with Crippen molar-refractivity contribution in [1.29, 1.82) is 0 Å². The van der Waals surface area contributed by atoms with Crippen molar-refractivity contribution in [2.75, 3.05) is 20.1 Å². The molecule has 1 atom stereocenters. The third kappa shape index (κ3) is 3.48. The molecule has 1 aliphatic heterocycles. The normalized spacial score (nSPS) is 23.4. The second kappa shape index (κ2) is 5.72. The molecule has 1 aliphatic rings. The highest BCUT2D eigenvalue weighted by atomic mass is 32.2. The van der Waals surface area contributed by atoms with E-state index in [-0.39, 0.29) is 11.0 Å². The van der Waals surface area contributed by atoms with Crippen LogP contribution in [0.3, 0.4) is 0 Å². The zero-order chi connectivity index (χ0) is 15.8. The number of aryl methyl sites for hydroxylation is 1. The summed E-state index contributed by atoms with van der Waals surface area (Å²) in [6.07, 6.45) is -0.132. The Morgan fingerprint density at radius 3 is 2.71 bits per heavy atom. The maximum absolute atomic E-state index is 12.8. The van der Waals surface area contributed by atoms with Crippen LogP contribution in [0.2, 0.25) is 0 Å². The minimum atomic E-state index is -3.56. The maximum Gasteiger partial charge on any atom is 0.246 e. The Bertz CT molecular complexity index is 606. The first-order valence-electron chi connectivity index (χ1n) is 7.07. The molecule has 0 aromatic carbocycles. The Balaban J connectivity index is 2.33. The van der Waals surface area contributed by atoms with E-state index in [0.717, 1.165) is 0 Å². The molecular weight excluding hydrogens is 292 g/mol. The summed E-state index contributed by atoms with van der Waals surface area (Å²) in [5.74, 6) is 1.05. The van der Waals surface area contributed by atoms with Crippen LogP contribution in [0, 0.1) is 6.92 Å². The third-order valence-corrected chi connectivity index (χ3v) is 5.35. The highest BCUT2D eigenvalue weighted by molar-refractivity contribution is 7.89. The van der Waals surface area contributed by atoms with Crippen molar-refractivity contribution in [2.24, 2.45) is 0 Å². The summed E-state index contributed by atoms with van der Waals surface area (Å²) in [5, 5.41) is 2.95. The fourth-order valence-corrected chi connectivity index (χ4v) is 4.61. The van der Waals surface area contributed by atoms with Crippen LogP contribution < -0.4 is 5.32 Å². The van der Waals surface area contributed by atoms with Gasteiger partial charge in [-0.25, -0.2) is 8.42 Å². The topological polar surface area (TPSA) is 71.8 Å². The number of sulfonamides is 1. The lowest BCUT2D eigenvalue weighted by molar-refractivity contribution is -0.109. The van der Waals surface area contributed by atoms with E-state index in [9.17, 15) is 8.42 Å². The van der Waals surface area contributed by atoms with Gasteiger partial charge in [0.05, 0.1) is 18.2 Å². The second-order valence-electron chi connectivity index (χ2n) is 6.15. The van der Waals surface area contributed by atoms with Crippen molar-refractivity contribution in [3.05, 3.63) is 17.6 Å². The van der Waals surface area contributed by atoms with Crippen LogP contribution in [-0.4, -0.2) is 44.6 Å². The molecule has 1 N–H and O–H groups in total. The molecule has 1 fully saturated rings. The van der Waals surface area contributed by atoms with Crippen molar-refractivity contribution in [3.8, 4) is 0 Å². The number of furan rings is 1. The van der Waals surface area contributed by atoms with Crippen LogP contribution in [0.5, 0.6) is 0 Å². The second-order valence-corrected chi connectivity index (χ2v) is 8.06. The van der Waals surface area contributed by atoms with Crippen molar-refractivity contribution in [1.82, 2.24) is 9.62 Å². The van der Waals surface area contributed by atoms with E-state index in [2.05, 4.69) is 5.32 Å². The summed E-state index contributed by atoms with van der Waals surface area (Å²) in [6, 6.07) is 1.61. The first kappa shape index (κ1) is 16.5. The van der Waals surface area contributed by atoms with Gasteiger partial charge in [0.2, 0.25) is 10.0 Å². The summed E-state index contributed by atoms with van der Waals surface area (Å²) >= 11 is 0. The van der Waals surface area contributed by atoms with Gasteiger partial charge in [-0.1, -0.05) is 0 Å². The van der Waals surface area contributed by atoms with Gasteiger partial charge >= 0.3 is 0 Å². The van der Waals surface area contributed by atoms with Crippen molar-refractivity contribution < 1.29 is 17.6 Å². The van der Waals surface area contributed by atoms with Crippen LogP contribution in [-0.2, 0) is 21.3 Å². The van der Waals surface area contributed by atoms with Crippen molar-refractivity contribution in [2.45, 2.75) is 50.8 Å². The van der Waals surface area contributed by atoms with Crippen LogP contribution >= 0.6 is 0 Å². The molecule has 0 radical (unpaired) electrons. The molecule has 1 saturated heterocycles. The number of nitrogens with one attached hydrogen (secondary N) is 1. The largest absolute Gasteiger partial charge is 0.464 e. The van der Waals surface area contributed by atoms with E-state index >= 15 is 0 Å². The highest BCUT2D eigenvalue weighted by Crippen LogP contribution is 2.29. The van der Waals surface area contributed by atoms with E-state index in [0.29, 0.717) is 31.2 Å². The number of ether oxygens (including phenoxy) is 1. The SMILES string of the molecule is CNCc1cc(S(=O)(=O)N2CC(C)OC(C)(C)C2)c(C)o1. The molecule has 2 heterocycles. The third-order valence-electron chi connectivity index (χ3n) is 3.43. The van der Waals surface area contributed by atoms with Crippen molar-refractivity contribution in [3.63, 3.8) is 0 Å². The molecule has 2 rings (SSSR count). The minimum absolute atomic E-state index is 0.132. The lowest BCUT2D eigenvalue weighted by atomic mass is 10.1. The zero-order valence-electron chi connectivity index (χ0n) is 13.3. The summed E-state index contributed by atoms with van der Waals surface area (Å²) < 4.78 is 38.5. The van der Waals surface area contributed by atoms with Crippen LogP contribution in [0.25, 0.3) is 0 Å². The van der Waals surface area contributed by atoms with Gasteiger partial charge in [0.1, 0.15) is 16.4 Å². The molecule has 1 aromatic rings. The Morgan fingerprint density at radius 1 is 1.48 bits per heavy atom. The van der Waals surface area contributed by atoms with Gasteiger partial charge in [-0.2, -0.15) is 4.31 Å². The van der Waals surface area contributed by atoms with Crippen LogP contribution in [0.1, 0.15) is 32.3 Å². The molecule has 7 heteroatoms.